The lowest BCUT2D eigenvalue weighted by Gasteiger charge is -2.03. The van der Waals surface area contributed by atoms with Crippen molar-refractivity contribution in [1.82, 2.24) is 20.4 Å². The Morgan fingerprint density at radius 2 is 2.30 bits per heavy atom. The highest BCUT2D eigenvalue weighted by molar-refractivity contribution is 5.88. The van der Waals surface area contributed by atoms with Crippen molar-refractivity contribution >= 4 is 5.97 Å². The predicted octanol–water partition coefficient (Wildman–Crippen LogP) is 0.892. The van der Waals surface area contributed by atoms with Gasteiger partial charge in [0.05, 0.1) is 18.4 Å². The van der Waals surface area contributed by atoms with Crippen LogP contribution >= 0.6 is 0 Å². The number of pyridine rings is 1. The molecule has 2 aromatic rings. The number of nitrogens with zero attached hydrogens (tertiary/aromatic N) is 3. The van der Waals surface area contributed by atoms with Crippen LogP contribution in [0.3, 0.4) is 0 Å². The molecule has 0 aromatic carbocycles. The van der Waals surface area contributed by atoms with Crippen LogP contribution in [-0.2, 0) is 17.7 Å². The second-order valence-electron chi connectivity index (χ2n) is 4.19. The first-order chi connectivity index (χ1) is 9.69. The van der Waals surface area contributed by atoms with Crippen LogP contribution in [0.1, 0.15) is 27.8 Å². The number of carbonyl (C=O) groups excluding carboxylic acids is 1. The number of hydrogen-bond acceptors (Lipinski definition) is 7. The smallest absolute Gasteiger partial charge is 0.339 e. The number of methoxy groups -OCH3 is 1. The Labute approximate surface area is 116 Å². The molecule has 0 bridgehead atoms. The van der Waals surface area contributed by atoms with Gasteiger partial charge in [0.25, 0.3) is 0 Å². The van der Waals surface area contributed by atoms with E-state index in [9.17, 15) is 4.79 Å². The predicted molar refractivity (Wildman–Crippen MR) is 70.0 cm³/mol. The largest absolute Gasteiger partial charge is 0.465 e. The van der Waals surface area contributed by atoms with Gasteiger partial charge < -0.3 is 14.6 Å². The topological polar surface area (TPSA) is 90.1 Å². The summed E-state index contributed by atoms with van der Waals surface area (Å²) >= 11 is 0. The minimum atomic E-state index is -0.385. The molecule has 0 saturated carbocycles. The van der Waals surface area contributed by atoms with Crippen molar-refractivity contribution in [3.63, 3.8) is 0 Å². The summed E-state index contributed by atoms with van der Waals surface area (Å²) in [4.78, 5) is 19.5. The van der Waals surface area contributed by atoms with E-state index < -0.39 is 0 Å². The molecule has 2 heterocycles. The van der Waals surface area contributed by atoms with Crippen LogP contribution in [-0.4, -0.2) is 34.7 Å². The van der Waals surface area contributed by atoms with E-state index in [1.165, 1.54) is 13.3 Å². The number of esters is 1. The molecular weight excluding hydrogens is 260 g/mol. The van der Waals surface area contributed by atoms with Crippen molar-refractivity contribution in [2.45, 2.75) is 19.9 Å². The second-order valence-corrected chi connectivity index (χ2v) is 4.19. The number of rotatable bonds is 6. The zero-order chi connectivity index (χ0) is 14.4. The minimum Gasteiger partial charge on any atom is -0.465 e. The van der Waals surface area contributed by atoms with Crippen LogP contribution in [0.2, 0.25) is 0 Å². The van der Waals surface area contributed by atoms with Crippen LogP contribution in [0.15, 0.2) is 22.9 Å². The molecular formula is C13H16N4O3. The van der Waals surface area contributed by atoms with Gasteiger partial charge in [-0.2, -0.15) is 4.98 Å². The third-order valence-electron chi connectivity index (χ3n) is 2.64. The fraction of sp³-hybridized carbons (Fsp3) is 0.385. The fourth-order valence-corrected chi connectivity index (χ4v) is 1.62. The van der Waals surface area contributed by atoms with Gasteiger partial charge in [0.15, 0.2) is 5.82 Å². The molecule has 0 unspecified atom stereocenters. The lowest BCUT2D eigenvalue weighted by atomic mass is 10.2. The Kier molecular flexibility index (Phi) is 4.78. The average Bonchev–Trinajstić information content (AvgIpc) is 2.89. The van der Waals surface area contributed by atoms with E-state index in [0.717, 1.165) is 5.69 Å². The molecule has 7 nitrogen and oxygen atoms in total. The maximum atomic E-state index is 11.2. The Balaban J connectivity index is 1.75. The number of nitrogens with one attached hydrogen (secondary N) is 1. The van der Waals surface area contributed by atoms with E-state index in [0.29, 0.717) is 36.8 Å². The normalized spacial score (nSPS) is 10.5. The molecule has 0 saturated heterocycles. The van der Waals surface area contributed by atoms with Gasteiger partial charge in [-0.1, -0.05) is 5.16 Å². The highest BCUT2D eigenvalue weighted by atomic mass is 16.5. The van der Waals surface area contributed by atoms with Crippen LogP contribution in [0.25, 0.3) is 0 Å². The molecule has 20 heavy (non-hydrogen) atoms. The van der Waals surface area contributed by atoms with Gasteiger partial charge in [0.2, 0.25) is 5.89 Å². The van der Waals surface area contributed by atoms with Crippen molar-refractivity contribution in [3.8, 4) is 0 Å². The summed E-state index contributed by atoms with van der Waals surface area (Å²) in [6, 6.07) is 3.48. The van der Waals surface area contributed by atoms with E-state index in [1.54, 1.807) is 19.1 Å². The molecule has 2 rings (SSSR count). The van der Waals surface area contributed by atoms with Crippen LogP contribution in [0.4, 0.5) is 0 Å². The molecule has 0 fully saturated rings. The summed E-state index contributed by atoms with van der Waals surface area (Å²) in [6.45, 7) is 3.10. The first-order valence-electron chi connectivity index (χ1n) is 6.22. The molecule has 0 spiro atoms. The van der Waals surface area contributed by atoms with Gasteiger partial charge in [-0.05, 0) is 19.1 Å². The molecule has 0 aliphatic carbocycles. The standard InChI is InChI=1S/C13H16N4O3/c1-9-16-12(20-17-9)5-6-14-8-11-4-3-10(7-15-11)13(18)19-2/h3-4,7,14H,5-6,8H2,1-2H3. The number of aromatic nitrogens is 3. The highest BCUT2D eigenvalue weighted by Gasteiger charge is 2.05. The first-order valence-corrected chi connectivity index (χ1v) is 6.22. The number of ether oxygens (including phenoxy) is 1. The molecule has 7 heteroatoms. The summed E-state index contributed by atoms with van der Waals surface area (Å²) in [5, 5.41) is 6.93. The molecule has 0 aliphatic heterocycles. The van der Waals surface area contributed by atoms with E-state index in [4.69, 9.17) is 4.52 Å². The maximum absolute atomic E-state index is 11.2. The Morgan fingerprint density at radius 1 is 1.45 bits per heavy atom. The molecule has 2 aromatic heterocycles. The second kappa shape index (κ2) is 6.76. The lowest BCUT2D eigenvalue weighted by Crippen LogP contribution is -2.17. The molecule has 0 radical (unpaired) electrons. The van der Waals surface area contributed by atoms with Crippen molar-refractivity contribution in [2.75, 3.05) is 13.7 Å². The molecule has 0 aliphatic rings. The van der Waals surface area contributed by atoms with Crippen LogP contribution in [0, 0.1) is 6.92 Å². The van der Waals surface area contributed by atoms with E-state index >= 15 is 0 Å². The summed E-state index contributed by atoms with van der Waals surface area (Å²) in [7, 11) is 1.34. The van der Waals surface area contributed by atoms with Gasteiger partial charge in [0.1, 0.15) is 0 Å². The van der Waals surface area contributed by atoms with Gasteiger partial charge in [-0.15, -0.1) is 0 Å². The number of carbonyl (C=O) groups is 1. The highest BCUT2D eigenvalue weighted by Crippen LogP contribution is 2.02. The van der Waals surface area contributed by atoms with Gasteiger partial charge in [-0.3, -0.25) is 4.98 Å². The van der Waals surface area contributed by atoms with E-state index in [-0.39, 0.29) is 5.97 Å². The number of hydrogen-bond donors (Lipinski definition) is 1. The van der Waals surface area contributed by atoms with Crippen molar-refractivity contribution in [2.24, 2.45) is 0 Å². The zero-order valence-corrected chi connectivity index (χ0v) is 11.4. The van der Waals surface area contributed by atoms with Crippen LogP contribution < -0.4 is 5.32 Å². The Morgan fingerprint density at radius 3 is 2.90 bits per heavy atom. The Bertz CT molecular complexity index is 565. The third-order valence-corrected chi connectivity index (χ3v) is 2.64. The van der Waals surface area contributed by atoms with Crippen LogP contribution in [0.5, 0.6) is 0 Å². The average molecular weight is 276 g/mol. The van der Waals surface area contributed by atoms with Gasteiger partial charge in [-0.25, -0.2) is 4.79 Å². The zero-order valence-electron chi connectivity index (χ0n) is 11.4. The molecule has 106 valence electrons. The molecule has 1 N–H and O–H groups in total. The summed E-state index contributed by atoms with van der Waals surface area (Å²) < 4.78 is 9.61. The maximum Gasteiger partial charge on any atom is 0.339 e. The van der Waals surface area contributed by atoms with Gasteiger partial charge in [0, 0.05) is 25.7 Å². The summed E-state index contributed by atoms with van der Waals surface area (Å²) in [5.41, 5.74) is 1.29. The van der Waals surface area contributed by atoms with Crippen molar-refractivity contribution in [3.05, 3.63) is 41.3 Å². The minimum absolute atomic E-state index is 0.385. The van der Waals surface area contributed by atoms with Crippen molar-refractivity contribution < 1.29 is 14.1 Å². The van der Waals surface area contributed by atoms with Crippen molar-refractivity contribution in [1.29, 1.82) is 0 Å². The Hall–Kier alpha value is -2.28. The van der Waals surface area contributed by atoms with E-state index in [1.807, 2.05) is 0 Å². The SMILES string of the molecule is COC(=O)c1ccc(CNCCc2nc(C)no2)nc1. The molecule has 0 atom stereocenters. The third kappa shape index (κ3) is 3.86. The monoisotopic (exact) mass is 276 g/mol. The molecule has 0 amide bonds. The first kappa shape index (κ1) is 14.1. The lowest BCUT2D eigenvalue weighted by molar-refractivity contribution is 0.0600. The van der Waals surface area contributed by atoms with Gasteiger partial charge >= 0.3 is 5.97 Å². The van der Waals surface area contributed by atoms with E-state index in [2.05, 4.69) is 25.2 Å². The number of aryl methyl sites for hydroxylation is 1. The summed E-state index contributed by atoms with van der Waals surface area (Å²) in [5.74, 6) is 0.868. The quantitative estimate of drug-likeness (QED) is 0.619. The fourth-order valence-electron chi connectivity index (χ4n) is 1.62. The summed E-state index contributed by atoms with van der Waals surface area (Å²) in [6.07, 6.45) is 2.17.